The average molecular weight is 161 g/mol. The highest BCUT2D eigenvalue weighted by atomic mass is 14.9. The molecule has 3 heteroatoms. The first kappa shape index (κ1) is 8.69. The van der Waals surface area contributed by atoms with Crippen molar-refractivity contribution in [2.75, 3.05) is 6.54 Å². The maximum atomic E-state index is 5.09. The number of nitrogens with one attached hydrogen (secondary N) is 1. The third kappa shape index (κ3) is 3.13. The summed E-state index contributed by atoms with van der Waals surface area (Å²) in [6, 6.07) is 1.88. The van der Waals surface area contributed by atoms with Crippen LogP contribution in [0.3, 0.4) is 0 Å². The molecule has 0 atom stereocenters. The Kier molecular flexibility index (Phi) is 3.82. The van der Waals surface area contributed by atoms with Crippen LogP contribution in [0.25, 0.3) is 0 Å². The number of rotatable bonds is 4. The van der Waals surface area contributed by atoms with Crippen molar-refractivity contribution in [1.29, 1.82) is 0 Å². The smallest absolute Gasteiger partial charge is 0.115 e. The molecule has 62 valence electrons. The molecule has 0 amide bonds. The molecule has 12 heavy (non-hydrogen) atoms. The Labute approximate surface area is 72.2 Å². The van der Waals surface area contributed by atoms with E-state index < -0.39 is 0 Å². The molecule has 1 rings (SSSR count). The summed E-state index contributed by atoms with van der Waals surface area (Å²) in [6.07, 6.45) is 9.11. The Morgan fingerprint density at radius 1 is 1.58 bits per heavy atom. The van der Waals surface area contributed by atoms with Crippen LogP contribution in [0.4, 0.5) is 0 Å². The summed E-state index contributed by atoms with van der Waals surface area (Å²) in [5, 5.41) is 3.17. The van der Waals surface area contributed by atoms with Crippen molar-refractivity contribution in [3.8, 4) is 12.3 Å². The number of nitrogens with zero attached hydrogens (tertiary/aromatic N) is 2. The Hall–Kier alpha value is -1.40. The van der Waals surface area contributed by atoms with Crippen LogP contribution in [-0.2, 0) is 6.54 Å². The van der Waals surface area contributed by atoms with Crippen molar-refractivity contribution in [3.63, 3.8) is 0 Å². The molecule has 0 unspecified atom stereocenters. The standard InChI is InChI=1S/C9H11N3/c1-2-3-5-10-7-9-4-6-11-8-12-9/h1,4,6,8,10H,3,5,7H2. The van der Waals surface area contributed by atoms with Gasteiger partial charge in [0, 0.05) is 25.7 Å². The first-order chi connectivity index (χ1) is 5.93. The molecule has 0 bridgehead atoms. The summed E-state index contributed by atoms with van der Waals surface area (Å²) in [5.74, 6) is 2.56. The van der Waals surface area contributed by atoms with E-state index >= 15 is 0 Å². The molecule has 0 saturated carbocycles. The van der Waals surface area contributed by atoms with Gasteiger partial charge in [0.15, 0.2) is 0 Å². The SMILES string of the molecule is C#CCCNCc1ccncn1. The van der Waals surface area contributed by atoms with Crippen molar-refractivity contribution in [3.05, 3.63) is 24.3 Å². The molecular formula is C9H11N3. The van der Waals surface area contributed by atoms with Gasteiger partial charge in [-0.1, -0.05) is 0 Å². The van der Waals surface area contributed by atoms with Crippen molar-refractivity contribution in [2.24, 2.45) is 0 Å². The summed E-state index contributed by atoms with van der Waals surface area (Å²) in [7, 11) is 0. The van der Waals surface area contributed by atoms with E-state index in [9.17, 15) is 0 Å². The van der Waals surface area contributed by atoms with Gasteiger partial charge in [-0.3, -0.25) is 0 Å². The Bertz CT molecular complexity index is 250. The number of aromatic nitrogens is 2. The van der Waals surface area contributed by atoms with Crippen LogP contribution in [0.5, 0.6) is 0 Å². The topological polar surface area (TPSA) is 37.8 Å². The normalized spacial score (nSPS) is 9.25. The Morgan fingerprint density at radius 2 is 2.50 bits per heavy atom. The molecule has 0 aromatic carbocycles. The minimum Gasteiger partial charge on any atom is -0.310 e. The summed E-state index contributed by atoms with van der Waals surface area (Å²) in [5.41, 5.74) is 0.988. The summed E-state index contributed by atoms with van der Waals surface area (Å²) in [4.78, 5) is 7.87. The third-order valence-corrected chi connectivity index (χ3v) is 1.40. The largest absolute Gasteiger partial charge is 0.310 e. The molecule has 1 aromatic heterocycles. The van der Waals surface area contributed by atoms with Crippen molar-refractivity contribution >= 4 is 0 Å². The van der Waals surface area contributed by atoms with Gasteiger partial charge in [0.1, 0.15) is 6.33 Å². The van der Waals surface area contributed by atoms with Gasteiger partial charge in [0.25, 0.3) is 0 Å². The van der Waals surface area contributed by atoms with E-state index in [-0.39, 0.29) is 0 Å². The van der Waals surface area contributed by atoms with E-state index in [1.165, 1.54) is 6.33 Å². The predicted octanol–water partition coefficient (Wildman–Crippen LogP) is 0.589. The fourth-order valence-corrected chi connectivity index (χ4v) is 0.800. The third-order valence-electron chi connectivity index (χ3n) is 1.40. The molecule has 0 aliphatic heterocycles. The first-order valence-electron chi connectivity index (χ1n) is 3.82. The first-order valence-corrected chi connectivity index (χ1v) is 3.82. The van der Waals surface area contributed by atoms with Crippen molar-refractivity contribution in [2.45, 2.75) is 13.0 Å². The minimum absolute atomic E-state index is 0.754. The fraction of sp³-hybridized carbons (Fsp3) is 0.333. The molecule has 0 fully saturated rings. The van der Waals surface area contributed by atoms with Crippen LogP contribution in [-0.4, -0.2) is 16.5 Å². The van der Waals surface area contributed by atoms with Gasteiger partial charge in [0.2, 0.25) is 0 Å². The highest BCUT2D eigenvalue weighted by Gasteiger charge is 1.90. The van der Waals surface area contributed by atoms with Gasteiger partial charge in [-0.15, -0.1) is 12.3 Å². The van der Waals surface area contributed by atoms with Crippen LogP contribution in [0.15, 0.2) is 18.6 Å². The highest BCUT2D eigenvalue weighted by molar-refractivity contribution is 4.97. The van der Waals surface area contributed by atoms with E-state index in [1.54, 1.807) is 6.20 Å². The molecule has 0 radical (unpaired) electrons. The second kappa shape index (κ2) is 5.28. The molecule has 0 aliphatic carbocycles. The van der Waals surface area contributed by atoms with Gasteiger partial charge < -0.3 is 5.32 Å². The molecule has 0 aliphatic rings. The Balaban J connectivity index is 2.21. The van der Waals surface area contributed by atoms with Gasteiger partial charge in [0.05, 0.1) is 5.69 Å². The lowest BCUT2D eigenvalue weighted by molar-refractivity contribution is 0.686. The number of hydrogen-bond acceptors (Lipinski definition) is 3. The van der Waals surface area contributed by atoms with Crippen LogP contribution in [0.1, 0.15) is 12.1 Å². The second-order valence-corrected chi connectivity index (χ2v) is 2.33. The molecular weight excluding hydrogens is 150 g/mol. The van der Waals surface area contributed by atoms with Crippen molar-refractivity contribution < 1.29 is 0 Å². The zero-order valence-corrected chi connectivity index (χ0v) is 6.83. The van der Waals surface area contributed by atoms with E-state index in [0.717, 1.165) is 25.2 Å². The van der Waals surface area contributed by atoms with E-state index in [2.05, 4.69) is 21.2 Å². The van der Waals surface area contributed by atoms with Gasteiger partial charge in [-0.05, 0) is 6.07 Å². The molecule has 3 nitrogen and oxygen atoms in total. The molecule has 1 aromatic rings. The zero-order chi connectivity index (χ0) is 8.65. The van der Waals surface area contributed by atoms with Gasteiger partial charge >= 0.3 is 0 Å². The van der Waals surface area contributed by atoms with Gasteiger partial charge in [-0.2, -0.15) is 0 Å². The lowest BCUT2D eigenvalue weighted by Gasteiger charge is -1.99. The quantitative estimate of drug-likeness (QED) is 0.518. The van der Waals surface area contributed by atoms with Crippen LogP contribution < -0.4 is 5.32 Å². The predicted molar refractivity (Wildman–Crippen MR) is 47.2 cm³/mol. The zero-order valence-electron chi connectivity index (χ0n) is 6.83. The maximum absolute atomic E-state index is 5.09. The highest BCUT2D eigenvalue weighted by Crippen LogP contribution is 1.88. The fourth-order valence-electron chi connectivity index (χ4n) is 0.800. The summed E-state index contributed by atoms with van der Waals surface area (Å²) in [6.45, 7) is 1.59. The maximum Gasteiger partial charge on any atom is 0.115 e. The number of terminal acetylenes is 1. The molecule has 0 saturated heterocycles. The second-order valence-electron chi connectivity index (χ2n) is 2.33. The van der Waals surface area contributed by atoms with Gasteiger partial charge in [-0.25, -0.2) is 9.97 Å². The summed E-state index contributed by atoms with van der Waals surface area (Å²) >= 11 is 0. The molecule has 0 spiro atoms. The van der Waals surface area contributed by atoms with Crippen LogP contribution in [0, 0.1) is 12.3 Å². The lowest BCUT2D eigenvalue weighted by Crippen LogP contribution is -2.14. The molecule has 1 heterocycles. The minimum atomic E-state index is 0.754. The molecule has 1 N–H and O–H groups in total. The average Bonchev–Trinajstić information content (AvgIpc) is 2.14. The van der Waals surface area contributed by atoms with E-state index in [1.807, 2.05) is 6.07 Å². The Morgan fingerprint density at radius 3 is 3.17 bits per heavy atom. The van der Waals surface area contributed by atoms with Crippen LogP contribution >= 0.6 is 0 Å². The van der Waals surface area contributed by atoms with E-state index in [0.29, 0.717) is 0 Å². The van der Waals surface area contributed by atoms with Crippen LogP contribution in [0.2, 0.25) is 0 Å². The summed E-state index contributed by atoms with van der Waals surface area (Å²) < 4.78 is 0. The lowest BCUT2D eigenvalue weighted by atomic mass is 10.4. The van der Waals surface area contributed by atoms with Crippen molar-refractivity contribution in [1.82, 2.24) is 15.3 Å². The number of hydrogen-bond donors (Lipinski definition) is 1. The van der Waals surface area contributed by atoms with E-state index in [4.69, 9.17) is 6.42 Å². The monoisotopic (exact) mass is 161 g/mol.